The zero-order chi connectivity index (χ0) is 30.0. The maximum Gasteiger partial charge on any atom is 0.309 e. The van der Waals surface area contributed by atoms with Crippen LogP contribution in [0, 0.1) is 50.7 Å². The smallest absolute Gasteiger partial charge is 0.309 e. The van der Waals surface area contributed by atoms with Crippen molar-refractivity contribution in [1.29, 1.82) is 0 Å². The highest BCUT2D eigenvalue weighted by Gasteiger charge is 2.84. The lowest BCUT2D eigenvalue weighted by Gasteiger charge is -2.67. The first kappa shape index (κ1) is 28.3. The van der Waals surface area contributed by atoms with Gasteiger partial charge in [0.25, 0.3) is 0 Å². The molecule has 0 unspecified atom stereocenters. The molecule has 0 bridgehead atoms. The van der Waals surface area contributed by atoms with Crippen LogP contribution in [0.4, 0.5) is 0 Å². The molecule has 230 valence electrons. The first-order valence-electron chi connectivity index (χ1n) is 16.7. The number of fused-ring (bicyclic) bond motifs is 5. The molecule has 43 heavy (non-hydrogen) atoms. The third-order valence-electron chi connectivity index (χ3n) is 14.5. The molecule has 8 rings (SSSR count). The van der Waals surface area contributed by atoms with Crippen molar-refractivity contribution in [3.8, 4) is 0 Å². The number of ether oxygens (including phenoxy) is 2. The van der Waals surface area contributed by atoms with Gasteiger partial charge in [-0.15, -0.1) is 0 Å². The molecule has 7 aliphatic rings. The third kappa shape index (κ3) is 3.48. The molecule has 0 radical (unpaired) electrons. The number of aliphatic hydroxyl groups is 2. The Kier molecular flexibility index (Phi) is 6.03. The summed E-state index contributed by atoms with van der Waals surface area (Å²) < 4.78 is 12.5. The number of aliphatic hydroxyl groups excluding tert-OH is 2. The molecule has 5 fully saturated rings. The van der Waals surface area contributed by atoms with E-state index in [1.165, 1.54) is 11.1 Å². The molecule has 5 aliphatic carbocycles. The van der Waals surface area contributed by atoms with E-state index >= 15 is 0 Å². The summed E-state index contributed by atoms with van der Waals surface area (Å²) in [7, 11) is 0. The van der Waals surface area contributed by atoms with Gasteiger partial charge < -0.3 is 19.7 Å². The van der Waals surface area contributed by atoms with Gasteiger partial charge in [0.2, 0.25) is 0 Å². The van der Waals surface area contributed by atoms with Gasteiger partial charge in [-0.05, 0) is 96.7 Å². The summed E-state index contributed by atoms with van der Waals surface area (Å²) in [6, 6.07) is 10.6. The van der Waals surface area contributed by atoms with E-state index in [-0.39, 0.29) is 75.7 Å². The number of benzene rings is 1. The molecule has 0 spiro atoms. The SMILES string of the molecule is C/C(=C/[C@H]1C[C@@H]([C@@H]2CC[C@]34C[C@]23C=C[C@@H]2[C@@]3(C)CC=C5C[C@@H](c6ccccc6)OC[C@]5(C)[C@@H]3C[C@@H](O)[C@]24C)C(=O)O1)CO. The summed E-state index contributed by atoms with van der Waals surface area (Å²) in [5.41, 5.74) is 3.38. The predicted molar refractivity (Wildman–Crippen MR) is 165 cm³/mol. The average Bonchev–Trinajstić information content (AvgIpc) is 3.39. The Morgan fingerprint density at radius 1 is 1.14 bits per heavy atom. The standard InChI is InChI=1S/C38H48O5/c1-23(20-39)16-26-18-27(33(41)43-26)28-11-15-38-21-37(28,38)14-12-30-34(2)13-10-25-17-29(24-8-6-5-7-9-24)42-22-35(25,3)31(34)19-32(40)36(30,38)4/h5-10,12,14,16,26-32,39-40H,11,13,15,17-22H2,1-4H3/b23-16-/t26-,27-,28-,29-,30+,31+,32+,34+,35-,36-,37+,38+/m0/s1. The third-order valence-corrected chi connectivity index (χ3v) is 14.5. The van der Waals surface area contributed by atoms with Crippen LogP contribution in [0.15, 0.2) is 65.8 Å². The van der Waals surface area contributed by atoms with E-state index in [0.29, 0.717) is 18.9 Å². The number of cyclic esters (lactones) is 1. The van der Waals surface area contributed by atoms with Gasteiger partial charge >= 0.3 is 5.97 Å². The summed E-state index contributed by atoms with van der Waals surface area (Å²) in [4.78, 5) is 13.2. The largest absolute Gasteiger partial charge is 0.458 e. The normalized spacial score (nSPS) is 51.4. The minimum absolute atomic E-state index is 0.00914. The van der Waals surface area contributed by atoms with Gasteiger partial charge in [-0.3, -0.25) is 4.79 Å². The molecule has 5 nitrogen and oxygen atoms in total. The van der Waals surface area contributed by atoms with Crippen LogP contribution in [0.3, 0.4) is 0 Å². The molecule has 0 amide bonds. The fraction of sp³-hybridized carbons (Fsp3) is 0.658. The number of rotatable bonds is 4. The zero-order valence-corrected chi connectivity index (χ0v) is 26.2. The molecule has 0 aromatic heterocycles. The Labute approximate surface area is 256 Å². The van der Waals surface area contributed by atoms with Crippen molar-refractivity contribution in [3.63, 3.8) is 0 Å². The molecule has 2 N–H and O–H groups in total. The van der Waals surface area contributed by atoms with Crippen molar-refractivity contribution in [2.24, 2.45) is 50.7 Å². The molecule has 1 aromatic rings. The molecule has 2 saturated heterocycles. The lowest BCUT2D eigenvalue weighted by molar-refractivity contribution is -0.199. The number of carbonyl (C=O) groups is 1. The van der Waals surface area contributed by atoms with Gasteiger partial charge in [0, 0.05) is 17.3 Å². The summed E-state index contributed by atoms with van der Waals surface area (Å²) >= 11 is 0. The molecular weight excluding hydrogens is 536 g/mol. The maximum absolute atomic E-state index is 13.2. The van der Waals surface area contributed by atoms with E-state index in [1.54, 1.807) is 0 Å². The van der Waals surface area contributed by atoms with E-state index in [4.69, 9.17) is 9.47 Å². The van der Waals surface area contributed by atoms with Crippen molar-refractivity contribution in [2.45, 2.75) is 91.0 Å². The second-order valence-corrected chi connectivity index (χ2v) is 16.1. The van der Waals surface area contributed by atoms with E-state index in [9.17, 15) is 15.0 Å². The number of hydrogen-bond donors (Lipinski definition) is 2. The molecule has 5 heteroatoms. The van der Waals surface area contributed by atoms with Crippen molar-refractivity contribution in [1.82, 2.24) is 0 Å². The monoisotopic (exact) mass is 584 g/mol. The van der Waals surface area contributed by atoms with Crippen LogP contribution in [0.1, 0.15) is 84.3 Å². The van der Waals surface area contributed by atoms with Gasteiger partial charge in [0.15, 0.2) is 0 Å². The van der Waals surface area contributed by atoms with Gasteiger partial charge in [-0.25, -0.2) is 0 Å². The van der Waals surface area contributed by atoms with E-state index in [2.05, 4.69) is 69.3 Å². The van der Waals surface area contributed by atoms with Crippen LogP contribution in [-0.4, -0.2) is 41.6 Å². The molecule has 1 aromatic carbocycles. The van der Waals surface area contributed by atoms with Gasteiger partial charge in [-0.2, -0.15) is 0 Å². The minimum Gasteiger partial charge on any atom is -0.458 e. The van der Waals surface area contributed by atoms with Crippen LogP contribution in [-0.2, 0) is 14.3 Å². The van der Waals surface area contributed by atoms with E-state index in [0.717, 1.165) is 44.1 Å². The topological polar surface area (TPSA) is 76.0 Å². The van der Waals surface area contributed by atoms with Crippen LogP contribution >= 0.6 is 0 Å². The summed E-state index contributed by atoms with van der Waals surface area (Å²) in [5, 5.41) is 21.8. The fourth-order valence-corrected chi connectivity index (χ4v) is 12.3. The average molecular weight is 585 g/mol. The van der Waals surface area contributed by atoms with Crippen molar-refractivity contribution < 1.29 is 24.5 Å². The Morgan fingerprint density at radius 2 is 1.93 bits per heavy atom. The molecule has 12 atom stereocenters. The molecule has 2 aliphatic heterocycles. The lowest BCUT2D eigenvalue weighted by atomic mass is 9.38. The molecule has 3 saturated carbocycles. The van der Waals surface area contributed by atoms with Crippen LogP contribution in [0.2, 0.25) is 0 Å². The quantitative estimate of drug-likeness (QED) is 0.304. The number of esters is 1. The van der Waals surface area contributed by atoms with Crippen LogP contribution in [0.5, 0.6) is 0 Å². The lowest BCUT2D eigenvalue weighted by Crippen LogP contribution is -2.64. The maximum atomic E-state index is 13.2. The van der Waals surface area contributed by atoms with Gasteiger partial charge in [-0.1, -0.05) is 74.9 Å². The Bertz CT molecular complexity index is 1430. The summed E-state index contributed by atoms with van der Waals surface area (Å²) in [6.45, 7) is 9.90. The van der Waals surface area contributed by atoms with Crippen molar-refractivity contribution >= 4 is 5.97 Å². The Hall–Kier alpha value is -2.21. The second-order valence-electron chi connectivity index (χ2n) is 16.1. The zero-order valence-electron chi connectivity index (χ0n) is 26.2. The van der Waals surface area contributed by atoms with E-state index in [1.807, 2.05) is 13.0 Å². The fourth-order valence-electron chi connectivity index (χ4n) is 12.3. The summed E-state index contributed by atoms with van der Waals surface area (Å²) in [6.07, 6.45) is 15.6. The minimum atomic E-state index is -0.386. The molecular formula is C38H48O5. The first-order chi connectivity index (χ1) is 20.5. The van der Waals surface area contributed by atoms with Crippen molar-refractivity contribution in [2.75, 3.05) is 13.2 Å². The van der Waals surface area contributed by atoms with E-state index < -0.39 is 0 Å². The van der Waals surface area contributed by atoms with Crippen LogP contribution in [0.25, 0.3) is 0 Å². The Morgan fingerprint density at radius 3 is 2.70 bits per heavy atom. The highest BCUT2D eigenvalue weighted by Crippen LogP contribution is 2.89. The first-order valence-corrected chi connectivity index (χ1v) is 16.7. The van der Waals surface area contributed by atoms with Gasteiger partial charge in [0.05, 0.1) is 31.3 Å². The second kappa shape index (κ2) is 9.17. The number of hydrogen-bond acceptors (Lipinski definition) is 5. The number of allylic oxidation sites excluding steroid dienone is 3. The van der Waals surface area contributed by atoms with Crippen LogP contribution < -0.4 is 0 Å². The summed E-state index contributed by atoms with van der Waals surface area (Å²) in [5.74, 6) is 0.706. The predicted octanol–water partition coefficient (Wildman–Crippen LogP) is 6.72. The number of carbonyl (C=O) groups excluding carboxylic acids is 1. The highest BCUT2D eigenvalue weighted by molar-refractivity contribution is 5.76. The highest BCUT2D eigenvalue weighted by atomic mass is 16.5. The Balaban J connectivity index is 1.11. The van der Waals surface area contributed by atoms with Gasteiger partial charge in [0.1, 0.15) is 6.10 Å². The molecule has 2 heterocycles. The van der Waals surface area contributed by atoms with Crippen molar-refractivity contribution in [3.05, 3.63) is 71.3 Å².